The molecule has 3 aliphatic rings. The average Bonchev–Trinajstić information content (AvgIpc) is 2.73. The van der Waals surface area contributed by atoms with Crippen molar-refractivity contribution in [1.82, 2.24) is 0 Å². The summed E-state index contributed by atoms with van der Waals surface area (Å²) in [5.74, 6) is 1.38. The maximum atomic E-state index is 13.8. The van der Waals surface area contributed by atoms with Crippen molar-refractivity contribution in [2.75, 3.05) is 6.61 Å². The van der Waals surface area contributed by atoms with Gasteiger partial charge in [-0.05, 0) is 81.5 Å². The van der Waals surface area contributed by atoms with E-state index < -0.39 is 17.9 Å². The molecule has 0 aromatic carbocycles. The molecular formula is C25H40F4O. The molecule has 0 N–H and O–H groups in total. The number of ether oxygens (including phenoxy) is 1. The lowest BCUT2D eigenvalue weighted by Crippen LogP contribution is -2.34. The summed E-state index contributed by atoms with van der Waals surface area (Å²) in [7, 11) is 0. The van der Waals surface area contributed by atoms with Gasteiger partial charge in [0.05, 0.1) is 12.2 Å². The van der Waals surface area contributed by atoms with Crippen LogP contribution in [0.25, 0.3) is 0 Å². The van der Waals surface area contributed by atoms with Crippen LogP contribution in [0.2, 0.25) is 0 Å². The highest BCUT2D eigenvalue weighted by Gasteiger charge is 2.33. The lowest BCUT2D eigenvalue weighted by Gasteiger charge is -2.38. The molecule has 174 valence electrons. The second-order valence-corrected chi connectivity index (χ2v) is 10.3. The van der Waals surface area contributed by atoms with E-state index in [1.807, 2.05) is 0 Å². The van der Waals surface area contributed by atoms with E-state index in [1.165, 1.54) is 57.8 Å². The van der Waals surface area contributed by atoms with Crippen molar-refractivity contribution in [2.45, 2.75) is 109 Å². The molecule has 1 aliphatic heterocycles. The van der Waals surface area contributed by atoms with Crippen LogP contribution < -0.4 is 0 Å². The van der Waals surface area contributed by atoms with E-state index in [0.717, 1.165) is 43.6 Å². The number of hydrogen-bond acceptors (Lipinski definition) is 1. The Morgan fingerprint density at radius 1 is 0.800 bits per heavy atom. The van der Waals surface area contributed by atoms with Gasteiger partial charge in [0.15, 0.2) is 0 Å². The van der Waals surface area contributed by atoms with Gasteiger partial charge in [-0.2, -0.15) is 13.2 Å². The van der Waals surface area contributed by atoms with E-state index >= 15 is 0 Å². The van der Waals surface area contributed by atoms with E-state index in [-0.39, 0.29) is 6.08 Å². The Kier molecular flexibility index (Phi) is 9.09. The number of alkyl halides is 3. The minimum atomic E-state index is -4.54. The molecule has 1 nitrogen and oxygen atoms in total. The summed E-state index contributed by atoms with van der Waals surface area (Å²) in [4.78, 5) is 0. The van der Waals surface area contributed by atoms with Gasteiger partial charge < -0.3 is 4.74 Å². The molecule has 30 heavy (non-hydrogen) atoms. The highest BCUT2D eigenvalue weighted by atomic mass is 19.4. The van der Waals surface area contributed by atoms with Crippen molar-refractivity contribution in [3.8, 4) is 0 Å². The van der Waals surface area contributed by atoms with E-state index in [2.05, 4.69) is 6.92 Å². The van der Waals surface area contributed by atoms with Crippen molar-refractivity contribution in [3.05, 3.63) is 11.9 Å². The SMILES string of the molecule is CCCC1CCC(C2CCC(CCC3CCC(C(F)=CC(F)(F)F)CC3)CC2)OC1. The molecule has 5 heteroatoms. The first-order chi connectivity index (χ1) is 14.3. The third kappa shape index (κ3) is 7.53. The molecule has 2 aliphatic carbocycles. The highest BCUT2D eigenvalue weighted by Crippen LogP contribution is 2.41. The predicted molar refractivity (Wildman–Crippen MR) is 113 cm³/mol. The van der Waals surface area contributed by atoms with Crippen LogP contribution in [0, 0.1) is 29.6 Å². The highest BCUT2D eigenvalue weighted by molar-refractivity contribution is 5.03. The molecular weight excluding hydrogens is 392 g/mol. The summed E-state index contributed by atoms with van der Waals surface area (Å²) in [6.07, 6.45) is 11.3. The van der Waals surface area contributed by atoms with Gasteiger partial charge in [0.25, 0.3) is 0 Å². The van der Waals surface area contributed by atoms with Gasteiger partial charge in [-0.25, -0.2) is 4.39 Å². The summed E-state index contributed by atoms with van der Waals surface area (Å²) < 4.78 is 57.0. The molecule has 0 aromatic rings. The summed E-state index contributed by atoms with van der Waals surface area (Å²) in [5, 5.41) is 0. The lowest BCUT2D eigenvalue weighted by atomic mass is 9.73. The van der Waals surface area contributed by atoms with Gasteiger partial charge in [0.2, 0.25) is 0 Å². The Morgan fingerprint density at radius 2 is 1.37 bits per heavy atom. The van der Waals surface area contributed by atoms with E-state index in [9.17, 15) is 17.6 Å². The maximum Gasteiger partial charge on any atom is 0.412 e. The average molecular weight is 433 g/mol. The topological polar surface area (TPSA) is 9.23 Å². The zero-order chi connectivity index (χ0) is 21.6. The minimum absolute atomic E-state index is 0.142. The second-order valence-electron chi connectivity index (χ2n) is 10.3. The van der Waals surface area contributed by atoms with Crippen molar-refractivity contribution in [2.24, 2.45) is 29.6 Å². The number of allylic oxidation sites excluding steroid dienone is 2. The summed E-state index contributed by atoms with van der Waals surface area (Å²) in [6.45, 7) is 3.21. The van der Waals surface area contributed by atoms with Gasteiger partial charge in [0, 0.05) is 12.5 Å². The largest absolute Gasteiger partial charge is 0.412 e. The van der Waals surface area contributed by atoms with Crippen LogP contribution >= 0.6 is 0 Å². The second kappa shape index (κ2) is 11.3. The standard InChI is InChI=1S/C25H40F4O/c1-2-3-20-10-15-24(30-17-20)22-13-8-19(9-14-22)5-4-18-6-11-21(12-7-18)23(26)16-25(27,28)29/h16,18-22,24H,2-15,17H2,1H3. The van der Waals surface area contributed by atoms with Gasteiger partial charge >= 0.3 is 6.18 Å². The molecule has 0 aromatic heterocycles. The fourth-order valence-electron chi connectivity index (χ4n) is 6.16. The fraction of sp³-hybridized carbons (Fsp3) is 0.920. The van der Waals surface area contributed by atoms with Crippen LogP contribution in [0.5, 0.6) is 0 Å². The molecule has 2 saturated carbocycles. The van der Waals surface area contributed by atoms with E-state index in [4.69, 9.17) is 4.74 Å². The first-order valence-electron chi connectivity index (χ1n) is 12.4. The third-order valence-corrected chi connectivity index (χ3v) is 8.04. The predicted octanol–water partition coefficient (Wildman–Crippen LogP) is 8.39. The maximum absolute atomic E-state index is 13.8. The molecule has 0 amide bonds. The molecule has 0 radical (unpaired) electrons. The number of rotatable bonds is 7. The first-order valence-corrected chi connectivity index (χ1v) is 12.4. The molecule has 1 heterocycles. The molecule has 1 saturated heterocycles. The smallest absolute Gasteiger partial charge is 0.378 e. The molecule has 3 fully saturated rings. The number of hydrogen-bond donors (Lipinski definition) is 0. The van der Waals surface area contributed by atoms with Gasteiger partial charge in [-0.15, -0.1) is 0 Å². The monoisotopic (exact) mass is 432 g/mol. The Hall–Kier alpha value is -0.580. The van der Waals surface area contributed by atoms with E-state index in [0.29, 0.717) is 24.9 Å². The van der Waals surface area contributed by atoms with Crippen LogP contribution in [0.4, 0.5) is 17.6 Å². The Morgan fingerprint density at radius 3 is 1.87 bits per heavy atom. The van der Waals surface area contributed by atoms with Gasteiger partial charge in [-0.1, -0.05) is 39.0 Å². The summed E-state index contributed by atoms with van der Waals surface area (Å²) >= 11 is 0. The lowest BCUT2D eigenvalue weighted by molar-refractivity contribution is -0.0821. The quantitative estimate of drug-likeness (QED) is 0.367. The zero-order valence-electron chi connectivity index (χ0n) is 18.6. The van der Waals surface area contributed by atoms with Crippen molar-refractivity contribution in [3.63, 3.8) is 0 Å². The number of halogens is 4. The van der Waals surface area contributed by atoms with Crippen molar-refractivity contribution >= 4 is 0 Å². The van der Waals surface area contributed by atoms with Crippen LogP contribution in [0.1, 0.15) is 96.8 Å². The van der Waals surface area contributed by atoms with Crippen LogP contribution in [0.15, 0.2) is 11.9 Å². The van der Waals surface area contributed by atoms with Crippen molar-refractivity contribution < 1.29 is 22.3 Å². The molecule has 0 bridgehead atoms. The van der Waals surface area contributed by atoms with E-state index in [1.54, 1.807) is 0 Å². The fourth-order valence-corrected chi connectivity index (χ4v) is 6.16. The summed E-state index contributed by atoms with van der Waals surface area (Å²) in [6, 6.07) is 0. The molecule has 3 rings (SSSR count). The molecule has 2 unspecified atom stereocenters. The third-order valence-electron chi connectivity index (χ3n) is 8.04. The Bertz CT molecular complexity index is 520. The Balaban J connectivity index is 1.30. The van der Waals surface area contributed by atoms with Crippen LogP contribution in [-0.2, 0) is 4.74 Å². The zero-order valence-corrected chi connectivity index (χ0v) is 18.6. The molecule has 0 spiro atoms. The van der Waals surface area contributed by atoms with Crippen molar-refractivity contribution in [1.29, 1.82) is 0 Å². The van der Waals surface area contributed by atoms with Crippen LogP contribution in [-0.4, -0.2) is 18.9 Å². The normalized spacial score (nSPS) is 36.6. The molecule has 2 atom stereocenters. The summed E-state index contributed by atoms with van der Waals surface area (Å²) in [5.41, 5.74) is 0. The van der Waals surface area contributed by atoms with Crippen LogP contribution in [0.3, 0.4) is 0 Å². The minimum Gasteiger partial charge on any atom is -0.378 e. The first kappa shape index (κ1) is 24.1. The van der Waals surface area contributed by atoms with Gasteiger partial charge in [0.1, 0.15) is 5.83 Å². The Labute approximate surface area is 180 Å². The van der Waals surface area contributed by atoms with Gasteiger partial charge in [-0.3, -0.25) is 0 Å².